The lowest BCUT2D eigenvalue weighted by Gasteiger charge is -2.14. The number of hydrogen-bond acceptors (Lipinski definition) is 2. The van der Waals surface area contributed by atoms with Crippen molar-refractivity contribution in [2.24, 2.45) is 5.92 Å². The zero-order chi connectivity index (χ0) is 12.3. The molecule has 0 saturated heterocycles. The summed E-state index contributed by atoms with van der Waals surface area (Å²) < 4.78 is 5.74. The maximum absolute atomic E-state index is 8.75. The highest BCUT2D eigenvalue weighted by Gasteiger charge is 2.06. The van der Waals surface area contributed by atoms with Crippen molar-refractivity contribution >= 4 is 0 Å². The molecule has 2 heteroatoms. The van der Waals surface area contributed by atoms with Crippen LogP contribution in [0.1, 0.15) is 38.2 Å². The maximum atomic E-state index is 8.75. The molecular weight excluding hydrogens is 212 g/mol. The van der Waals surface area contributed by atoms with Gasteiger partial charge in [-0.2, -0.15) is 0 Å². The van der Waals surface area contributed by atoms with Crippen molar-refractivity contribution in [2.75, 3.05) is 13.2 Å². The smallest absolute Gasteiger partial charge is 0.0717 e. The average Bonchev–Trinajstić information content (AvgIpc) is 2.38. The molecule has 1 aromatic rings. The van der Waals surface area contributed by atoms with Gasteiger partial charge in [0.1, 0.15) is 0 Å². The van der Waals surface area contributed by atoms with Crippen LogP contribution in [-0.2, 0) is 11.3 Å². The summed E-state index contributed by atoms with van der Waals surface area (Å²) in [5, 5.41) is 8.75. The molecule has 0 bridgehead atoms. The van der Waals surface area contributed by atoms with Gasteiger partial charge >= 0.3 is 0 Å². The van der Waals surface area contributed by atoms with Gasteiger partial charge in [0.05, 0.1) is 6.61 Å². The molecule has 0 aromatic heterocycles. The minimum Gasteiger partial charge on any atom is -0.396 e. The van der Waals surface area contributed by atoms with E-state index in [0.717, 1.165) is 32.3 Å². The van der Waals surface area contributed by atoms with Crippen LogP contribution in [0, 0.1) is 5.92 Å². The van der Waals surface area contributed by atoms with Crippen LogP contribution in [0.15, 0.2) is 30.3 Å². The zero-order valence-corrected chi connectivity index (χ0v) is 10.8. The van der Waals surface area contributed by atoms with Crippen LogP contribution < -0.4 is 0 Å². The molecule has 0 aliphatic carbocycles. The Balaban J connectivity index is 2.15. The lowest BCUT2D eigenvalue weighted by atomic mass is 10.0. The standard InChI is InChI=1S/C15H24O2/c1-2-14(8-6-7-11-16)12-17-13-15-9-4-3-5-10-15/h3-5,9-10,14,16H,2,6-8,11-13H2,1H3. The largest absolute Gasteiger partial charge is 0.396 e. The minimum absolute atomic E-state index is 0.307. The van der Waals surface area contributed by atoms with E-state index in [1.54, 1.807) is 0 Å². The summed E-state index contributed by atoms with van der Waals surface area (Å²) in [7, 11) is 0. The normalized spacial score (nSPS) is 12.6. The molecule has 0 fully saturated rings. The van der Waals surface area contributed by atoms with Crippen LogP contribution in [0.4, 0.5) is 0 Å². The van der Waals surface area contributed by atoms with Crippen molar-refractivity contribution < 1.29 is 9.84 Å². The third kappa shape index (κ3) is 6.44. The molecule has 0 aliphatic heterocycles. The van der Waals surface area contributed by atoms with Gasteiger partial charge in [0.25, 0.3) is 0 Å². The van der Waals surface area contributed by atoms with Gasteiger partial charge in [0, 0.05) is 13.2 Å². The van der Waals surface area contributed by atoms with Gasteiger partial charge in [0.15, 0.2) is 0 Å². The van der Waals surface area contributed by atoms with Crippen LogP contribution in [0.25, 0.3) is 0 Å². The predicted octanol–water partition coefficient (Wildman–Crippen LogP) is 3.39. The monoisotopic (exact) mass is 236 g/mol. The second-order valence-electron chi connectivity index (χ2n) is 4.49. The van der Waals surface area contributed by atoms with E-state index in [9.17, 15) is 0 Å². The highest BCUT2D eigenvalue weighted by molar-refractivity contribution is 5.13. The fourth-order valence-electron chi connectivity index (χ4n) is 1.87. The van der Waals surface area contributed by atoms with Crippen LogP contribution in [0.2, 0.25) is 0 Å². The first kappa shape index (κ1) is 14.2. The first-order valence-electron chi connectivity index (χ1n) is 6.59. The Morgan fingerprint density at radius 2 is 1.94 bits per heavy atom. The molecule has 1 atom stereocenters. The third-order valence-electron chi connectivity index (χ3n) is 3.06. The summed E-state index contributed by atoms with van der Waals surface area (Å²) in [6.45, 7) is 4.05. The molecule has 0 spiro atoms. The Morgan fingerprint density at radius 3 is 2.59 bits per heavy atom. The van der Waals surface area contributed by atoms with E-state index >= 15 is 0 Å². The summed E-state index contributed by atoms with van der Waals surface area (Å²) in [6, 6.07) is 10.3. The molecule has 96 valence electrons. The Hall–Kier alpha value is -0.860. The SMILES string of the molecule is CCC(CCCCO)COCc1ccccc1. The van der Waals surface area contributed by atoms with E-state index in [1.807, 2.05) is 18.2 Å². The fourth-order valence-corrected chi connectivity index (χ4v) is 1.87. The molecule has 1 unspecified atom stereocenters. The van der Waals surface area contributed by atoms with Gasteiger partial charge < -0.3 is 9.84 Å². The Kier molecular flexibility index (Phi) is 7.69. The van der Waals surface area contributed by atoms with Crippen LogP contribution in [-0.4, -0.2) is 18.3 Å². The zero-order valence-electron chi connectivity index (χ0n) is 10.8. The number of aliphatic hydroxyl groups is 1. The summed E-state index contributed by atoms with van der Waals surface area (Å²) in [5.74, 6) is 0.630. The molecule has 0 amide bonds. The van der Waals surface area contributed by atoms with Gasteiger partial charge in [0.2, 0.25) is 0 Å². The van der Waals surface area contributed by atoms with Crippen molar-refractivity contribution in [3.63, 3.8) is 0 Å². The molecule has 0 saturated carbocycles. The van der Waals surface area contributed by atoms with E-state index in [1.165, 1.54) is 5.56 Å². The number of benzene rings is 1. The van der Waals surface area contributed by atoms with Crippen molar-refractivity contribution in [1.82, 2.24) is 0 Å². The number of aliphatic hydroxyl groups excluding tert-OH is 1. The molecule has 0 aliphatic rings. The molecule has 0 heterocycles. The van der Waals surface area contributed by atoms with Crippen LogP contribution >= 0.6 is 0 Å². The number of unbranched alkanes of at least 4 members (excludes halogenated alkanes) is 1. The van der Waals surface area contributed by atoms with Crippen LogP contribution in [0.5, 0.6) is 0 Å². The quantitative estimate of drug-likeness (QED) is 0.666. The lowest BCUT2D eigenvalue weighted by Crippen LogP contribution is -2.09. The Morgan fingerprint density at radius 1 is 1.18 bits per heavy atom. The minimum atomic E-state index is 0.307. The number of rotatable bonds is 9. The topological polar surface area (TPSA) is 29.5 Å². The second kappa shape index (κ2) is 9.20. The fraction of sp³-hybridized carbons (Fsp3) is 0.600. The predicted molar refractivity (Wildman–Crippen MR) is 70.8 cm³/mol. The van der Waals surface area contributed by atoms with Crippen molar-refractivity contribution in [1.29, 1.82) is 0 Å². The lowest BCUT2D eigenvalue weighted by molar-refractivity contribution is 0.0813. The number of hydrogen-bond donors (Lipinski definition) is 1. The van der Waals surface area contributed by atoms with Gasteiger partial charge in [-0.15, -0.1) is 0 Å². The molecule has 1 aromatic carbocycles. The average molecular weight is 236 g/mol. The molecular formula is C15H24O2. The van der Waals surface area contributed by atoms with Crippen LogP contribution in [0.3, 0.4) is 0 Å². The van der Waals surface area contributed by atoms with Gasteiger partial charge in [-0.25, -0.2) is 0 Å². The van der Waals surface area contributed by atoms with E-state index < -0.39 is 0 Å². The van der Waals surface area contributed by atoms with Crippen molar-refractivity contribution in [2.45, 2.75) is 39.2 Å². The second-order valence-corrected chi connectivity index (χ2v) is 4.49. The first-order valence-corrected chi connectivity index (χ1v) is 6.59. The Bertz CT molecular complexity index is 272. The summed E-state index contributed by atoms with van der Waals surface area (Å²) >= 11 is 0. The van der Waals surface area contributed by atoms with Gasteiger partial charge in [-0.1, -0.05) is 50.1 Å². The van der Waals surface area contributed by atoms with E-state index in [0.29, 0.717) is 19.1 Å². The molecule has 0 radical (unpaired) electrons. The molecule has 17 heavy (non-hydrogen) atoms. The van der Waals surface area contributed by atoms with E-state index in [-0.39, 0.29) is 0 Å². The summed E-state index contributed by atoms with van der Waals surface area (Å²) in [6.07, 6.45) is 4.32. The Labute approximate surface area is 105 Å². The van der Waals surface area contributed by atoms with Crippen molar-refractivity contribution in [3.8, 4) is 0 Å². The van der Waals surface area contributed by atoms with Crippen molar-refractivity contribution in [3.05, 3.63) is 35.9 Å². The molecule has 1 N–H and O–H groups in total. The highest BCUT2D eigenvalue weighted by Crippen LogP contribution is 2.13. The summed E-state index contributed by atoms with van der Waals surface area (Å²) in [5.41, 5.74) is 1.23. The molecule has 2 nitrogen and oxygen atoms in total. The molecule has 1 rings (SSSR count). The van der Waals surface area contributed by atoms with Gasteiger partial charge in [-0.3, -0.25) is 0 Å². The first-order chi connectivity index (χ1) is 8.36. The maximum Gasteiger partial charge on any atom is 0.0717 e. The van der Waals surface area contributed by atoms with E-state index in [2.05, 4.69) is 19.1 Å². The van der Waals surface area contributed by atoms with E-state index in [4.69, 9.17) is 9.84 Å². The number of ether oxygens (including phenoxy) is 1. The summed E-state index contributed by atoms with van der Waals surface area (Å²) in [4.78, 5) is 0. The van der Waals surface area contributed by atoms with Gasteiger partial charge in [-0.05, 0) is 24.3 Å². The third-order valence-corrected chi connectivity index (χ3v) is 3.06. The highest BCUT2D eigenvalue weighted by atomic mass is 16.5.